The van der Waals surface area contributed by atoms with E-state index in [0.29, 0.717) is 4.90 Å². The summed E-state index contributed by atoms with van der Waals surface area (Å²) in [5, 5.41) is 19.1. The van der Waals surface area contributed by atoms with Crippen molar-refractivity contribution >= 4 is 22.8 Å². The van der Waals surface area contributed by atoms with Gasteiger partial charge in [-0.1, -0.05) is 42.5 Å². The molecule has 0 bridgehead atoms. The fraction of sp³-hybridized carbons (Fsp3) is 0. The van der Waals surface area contributed by atoms with Crippen LogP contribution in [-0.2, 0) is 0 Å². The zero-order valence-electron chi connectivity index (χ0n) is 13.2. The molecule has 0 spiro atoms. The van der Waals surface area contributed by atoms with Crippen molar-refractivity contribution < 1.29 is 19.8 Å². The van der Waals surface area contributed by atoms with Crippen molar-refractivity contribution in [3.63, 3.8) is 0 Å². The molecule has 0 unspecified atom stereocenters. The van der Waals surface area contributed by atoms with Crippen molar-refractivity contribution in [2.24, 2.45) is 0 Å². The molecule has 0 aliphatic carbocycles. The Morgan fingerprint density at radius 2 is 1.16 bits per heavy atom. The van der Waals surface area contributed by atoms with E-state index in [0.717, 1.165) is 9.79 Å². The van der Waals surface area contributed by atoms with Crippen LogP contribution in [0.15, 0.2) is 93.5 Å². The fourth-order valence-corrected chi connectivity index (χ4v) is 5.18. The lowest BCUT2D eigenvalue weighted by atomic mass is 10.1. The van der Waals surface area contributed by atoms with Gasteiger partial charge in [0.05, 0.1) is 11.1 Å². The summed E-state index contributed by atoms with van der Waals surface area (Å²) in [4.78, 5) is 25.8. The molecule has 126 valence electrons. The Balaban J connectivity index is 2.30. The van der Waals surface area contributed by atoms with Crippen molar-refractivity contribution in [2.75, 3.05) is 0 Å². The highest BCUT2D eigenvalue weighted by molar-refractivity contribution is 8.17. The van der Waals surface area contributed by atoms with E-state index in [1.807, 2.05) is 60.7 Å². The van der Waals surface area contributed by atoms with Gasteiger partial charge in [0.2, 0.25) is 0 Å². The lowest BCUT2D eigenvalue weighted by molar-refractivity contribution is 0.0648. The molecule has 5 heteroatoms. The topological polar surface area (TPSA) is 74.6 Å². The molecule has 0 radical (unpaired) electrons. The van der Waals surface area contributed by atoms with Crippen LogP contribution in [0.4, 0.5) is 0 Å². The van der Waals surface area contributed by atoms with Crippen LogP contribution in [-0.4, -0.2) is 22.2 Å². The minimum Gasteiger partial charge on any atom is -0.478 e. The average Bonchev–Trinajstić information content (AvgIpc) is 2.63. The third-order valence-electron chi connectivity index (χ3n) is 3.76. The second-order valence-corrected chi connectivity index (χ2v) is 7.50. The van der Waals surface area contributed by atoms with Gasteiger partial charge in [-0.15, -0.1) is 0 Å². The molecule has 0 saturated carbocycles. The summed E-state index contributed by atoms with van der Waals surface area (Å²) < 4.78 is 0. The standard InChI is InChI=1S/C20H16O4S/c21-19(22)16-12-7-13-17(18(16)20(23)24)25(14-8-3-1-4-9-14)15-10-5-2-6-11-15/h1-13,25H,(H,21,22)(H,23,24). The Hall–Kier alpha value is -3.05. The number of aromatic carboxylic acids is 2. The molecule has 4 nitrogen and oxygen atoms in total. The molecular formula is C20H16O4S. The summed E-state index contributed by atoms with van der Waals surface area (Å²) in [5.74, 6) is -2.47. The molecule has 0 heterocycles. The monoisotopic (exact) mass is 352 g/mol. The largest absolute Gasteiger partial charge is 0.478 e. The molecule has 0 saturated heterocycles. The number of rotatable bonds is 5. The van der Waals surface area contributed by atoms with E-state index in [2.05, 4.69) is 0 Å². The van der Waals surface area contributed by atoms with E-state index >= 15 is 0 Å². The van der Waals surface area contributed by atoms with Gasteiger partial charge in [0, 0.05) is 4.90 Å². The van der Waals surface area contributed by atoms with Crippen LogP contribution in [0.1, 0.15) is 20.7 Å². The Morgan fingerprint density at radius 1 is 0.640 bits per heavy atom. The fourth-order valence-electron chi connectivity index (χ4n) is 2.71. The summed E-state index contributed by atoms with van der Waals surface area (Å²) >= 11 is 0. The smallest absolute Gasteiger partial charge is 0.337 e. The van der Waals surface area contributed by atoms with Crippen molar-refractivity contribution in [1.29, 1.82) is 0 Å². The normalized spacial score (nSPS) is 11.0. The molecule has 2 N–H and O–H groups in total. The van der Waals surface area contributed by atoms with Crippen molar-refractivity contribution in [2.45, 2.75) is 14.7 Å². The zero-order chi connectivity index (χ0) is 17.8. The molecular weight excluding hydrogens is 336 g/mol. The van der Waals surface area contributed by atoms with Crippen molar-refractivity contribution in [3.8, 4) is 0 Å². The van der Waals surface area contributed by atoms with Crippen LogP contribution in [0.25, 0.3) is 0 Å². The molecule has 0 aliphatic heterocycles. The number of carboxylic acid groups (broad SMARTS) is 2. The summed E-state index contributed by atoms with van der Waals surface area (Å²) in [7, 11) is -1.18. The third-order valence-corrected chi connectivity index (χ3v) is 6.24. The van der Waals surface area contributed by atoms with E-state index in [1.165, 1.54) is 6.07 Å². The van der Waals surface area contributed by atoms with E-state index in [4.69, 9.17) is 0 Å². The van der Waals surface area contributed by atoms with Gasteiger partial charge in [0.25, 0.3) is 0 Å². The number of hydrogen-bond acceptors (Lipinski definition) is 2. The van der Waals surface area contributed by atoms with E-state index in [9.17, 15) is 19.8 Å². The Morgan fingerprint density at radius 3 is 1.60 bits per heavy atom. The number of benzene rings is 3. The molecule has 0 aromatic heterocycles. The van der Waals surface area contributed by atoms with Crippen LogP contribution < -0.4 is 0 Å². The summed E-state index contributed by atoms with van der Waals surface area (Å²) in [6, 6.07) is 23.8. The number of thiol groups is 1. The summed E-state index contributed by atoms with van der Waals surface area (Å²) in [5.41, 5.74) is -0.335. The van der Waals surface area contributed by atoms with Gasteiger partial charge < -0.3 is 10.2 Å². The predicted molar refractivity (Wildman–Crippen MR) is 97.0 cm³/mol. The van der Waals surface area contributed by atoms with Gasteiger partial charge >= 0.3 is 11.9 Å². The molecule has 0 aliphatic rings. The maximum absolute atomic E-state index is 11.9. The molecule has 3 aromatic rings. The molecule has 0 amide bonds. The lowest BCUT2D eigenvalue weighted by Gasteiger charge is -2.25. The summed E-state index contributed by atoms with van der Waals surface area (Å²) in [6.07, 6.45) is 0. The van der Waals surface area contributed by atoms with Gasteiger partial charge in [-0.3, -0.25) is 0 Å². The molecule has 0 fully saturated rings. The second-order valence-electron chi connectivity index (χ2n) is 5.32. The SMILES string of the molecule is O=C(O)c1cccc([SH](c2ccccc2)c2ccccc2)c1C(=O)O. The van der Waals surface area contributed by atoms with Crippen molar-refractivity contribution in [3.05, 3.63) is 90.0 Å². The maximum atomic E-state index is 11.9. The molecule has 3 rings (SSSR count). The van der Waals surface area contributed by atoms with Crippen LogP contribution in [0.5, 0.6) is 0 Å². The Bertz CT molecular complexity index is 868. The highest BCUT2D eigenvalue weighted by Gasteiger charge is 2.24. The highest BCUT2D eigenvalue weighted by atomic mass is 32.2. The van der Waals surface area contributed by atoms with Gasteiger partial charge in [0.15, 0.2) is 0 Å². The van der Waals surface area contributed by atoms with Crippen LogP contribution >= 0.6 is 10.9 Å². The number of carboxylic acids is 2. The van der Waals surface area contributed by atoms with Crippen LogP contribution in [0.2, 0.25) is 0 Å². The third kappa shape index (κ3) is 3.41. The Labute approximate surface area is 147 Å². The zero-order valence-corrected chi connectivity index (χ0v) is 14.1. The minimum atomic E-state index is -1.24. The minimum absolute atomic E-state index is 0.145. The van der Waals surface area contributed by atoms with Gasteiger partial charge in [-0.05, 0) is 46.2 Å². The van der Waals surface area contributed by atoms with E-state index in [1.54, 1.807) is 12.1 Å². The molecule has 3 aromatic carbocycles. The van der Waals surface area contributed by atoms with Crippen LogP contribution in [0.3, 0.4) is 0 Å². The second kappa shape index (κ2) is 7.23. The van der Waals surface area contributed by atoms with Crippen LogP contribution in [0, 0.1) is 0 Å². The first kappa shape index (κ1) is 16.8. The van der Waals surface area contributed by atoms with Gasteiger partial charge in [-0.25, -0.2) is 9.59 Å². The lowest BCUT2D eigenvalue weighted by Crippen LogP contribution is -2.10. The first-order valence-corrected chi connectivity index (χ1v) is 8.93. The first-order valence-electron chi connectivity index (χ1n) is 7.59. The first-order chi connectivity index (χ1) is 12.1. The molecule has 0 atom stereocenters. The van der Waals surface area contributed by atoms with E-state index in [-0.39, 0.29) is 11.1 Å². The summed E-state index contributed by atoms with van der Waals surface area (Å²) in [6.45, 7) is 0. The van der Waals surface area contributed by atoms with E-state index < -0.39 is 22.8 Å². The van der Waals surface area contributed by atoms with Gasteiger partial charge in [0.1, 0.15) is 0 Å². The van der Waals surface area contributed by atoms with Crippen molar-refractivity contribution in [1.82, 2.24) is 0 Å². The molecule has 25 heavy (non-hydrogen) atoms. The number of carbonyl (C=O) groups is 2. The quantitative estimate of drug-likeness (QED) is 0.589. The number of hydrogen-bond donors (Lipinski definition) is 3. The van der Waals surface area contributed by atoms with Gasteiger partial charge in [-0.2, -0.15) is 10.9 Å². The predicted octanol–water partition coefficient (Wildman–Crippen LogP) is 4.56. The highest BCUT2D eigenvalue weighted by Crippen LogP contribution is 2.52. The average molecular weight is 352 g/mol. The Kier molecular flexibility index (Phi) is 4.86. The maximum Gasteiger partial charge on any atom is 0.337 e.